The van der Waals surface area contributed by atoms with Gasteiger partial charge in [-0.25, -0.2) is 0 Å². The molecule has 0 aliphatic rings. The van der Waals surface area contributed by atoms with Crippen molar-refractivity contribution >= 4 is 21.0 Å². The van der Waals surface area contributed by atoms with Crippen molar-refractivity contribution in [3.8, 4) is 0 Å². The van der Waals surface area contributed by atoms with E-state index in [4.69, 9.17) is 0 Å². The van der Waals surface area contributed by atoms with Crippen molar-refractivity contribution < 1.29 is 4.79 Å². The Morgan fingerprint density at radius 3 is 2.60 bits per heavy atom. The van der Waals surface area contributed by atoms with Gasteiger partial charge >= 0.3 is 0 Å². The quantitative estimate of drug-likeness (QED) is 0.449. The smallest absolute Gasteiger partial charge is 0.149 e. The fourth-order valence-corrected chi connectivity index (χ4v) is 1.52. The van der Waals surface area contributed by atoms with Crippen LogP contribution in [-0.2, 0) is 0 Å². The molecule has 0 bridgehead atoms. The molecule has 0 N–H and O–H groups in total. The molecule has 0 unspecified atom stereocenters. The maximum atomic E-state index is 10.4. The zero-order chi connectivity index (χ0) is 7.40. The molecule has 0 fully saturated rings. The van der Waals surface area contributed by atoms with Crippen LogP contribution in [0.3, 0.4) is 0 Å². The van der Waals surface area contributed by atoms with Crippen molar-refractivity contribution in [2.45, 2.75) is 6.55 Å². The third-order valence-corrected chi connectivity index (χ3v) is 2.35. The summed E-state index contributed by atoms with van der Waals surface area (Å²) in [5, 5.41) is 1.15. The first-order valence-electron chi connectivity index (χ1n) is 3.10. The number of benzene rings is 1. The number of carbonyl (C=O) groups excluding carboxylic acids is 1. The fraction of sp³-hybridized carbons (Fsp3) is 0.125. The van der Waals surface area contributed by atoms with Gasteiger partial charge < -0.3 is 0 Å². The van der Waals surface area contributed by atoms with Crippen LogP contribution >= 0.6 is 0 Å². The summed E-state index contributed by atoms with van der Waals surface area (Å²) in [6, 6.07) is 7.67. The Kier molecular flexibility index (Phi) is 2.40. The monoisotopic (exact) mass is 148 g/mol. The molecule has 10 heavy (non-hydrogen) atoms. The van der Waals surface area contributed by atoms with Gasteiger partial charge in [-0.3, -0.25) is 4.79 Å². The molecule has 0 spiro atoms. The van der Waals surface area contributed by atoms with Crippen molar-refractivity contribution in [1.29, 1.82) is 0 Å². The van der Waals surface area contributed by atoms with E-state index in [9.17, 15) is 4.79 Å². The number of aldehydes is 1. The highest BCUT2D eigenvalue weighted by Crippen LogP contribution is 1.90. The van der Waals surface area contributed by atoms with Gasteiger partial charge in [0.05, 0.1) is 9.52 Å². The van der Waals surface area contributed by atoms with Gasteiger partial charge in [0.25, 0.3) is 0 Å². The van der Waals surface area contributed by atoms with E-state index in [0.717, 1.165) is 17.0 Å². The Bertz CT molecular complexity index is 232. The molecule has 50 valence electrons. The van der Waals surface area contributed by atoms with Gasteiger partial charge in [0.15, 0.2) is 0 Å². The van der Waals surface area contributed by atoms with Crippen LogP contribution in [0.15, 0.2) is 24.3 Å². The summed E-state index contributed by atoms with van der Waals surface area (Å²) >= 11 is 0. The van der Waals surface area contributed by atoms with Crippen LogP contribution in [0.4, 0.5) is 0 Å². The molecule has 2 heteroatoms. The summed E-state index contributed by atoms with van der Waals surface area (Å²) in [6.45, 7) is 2.07. The third-order valence-electron chi connectivity index (χ3n) is 1.36. The molecule has 1 aromatic carbocycles. The lowest BCUT2D eigenvalue weighted by Gasteiger charge is -1.96. The molecule has 0 aromatic heterocycles. The summed E-state index contributed by atoms with van der Waals surface area (Å²) in [6.07, 6.45) is 0.909. The Labute approximate surface area is 62.9 Å². The minimum absolute atomic E-state index is 0.704. The van der Waals surface area contributed by atoms with Crippen molar-refractivity contribution in [2.24, 2.45) is 0 Å². The topological polar surface area (TPSA) is 17.1 Å². The van der Waals surface area contributed by atoms with E-state index in [1.165, 1.54) is 0 Å². The van der Waals surface area contributed by atoms with Crippen LogP contribution in [0, 0.1) is 0 Å². The molecule has 0 aliphatic carbocycles. The molecule has 0 atom stereocenters. The van der Waals surface area contributed by atoms with Gasteiger partial charge in [-0.05, 0) is 0 Å². The number of hydrogen-bond acceptors (Lipinski definition) is 1. The Balaban J connectivity index is 3.08. The highest BCUT2D eigenvalue weighted by molar-refractivity contribution is 6.53. The molecule has 1 rings (SSSR count). The highest BCUT2D eigenvalue weighted by Gasteiger charge is 1.95. The minimum Gasteiger partial charge on any atom is -0.298 e. The third kappa shape index (κ3) is 1.33. The summed E-state index contributed by atoms with van der Waals surface area (Å²) in [5.41, 5.74) is 0.823. The van der Waals surface area contributed by atoms with Crippen molar-refractivity contribution in [3.05, 3.63) is 29.8 Å². The maximum Gasteiger partial charge on any atom is 0.149 e. The highest BCUT2D eigenvalue weighted by atomic mass is 28.2. The van der Waals surface area contributed by atoms with E-state index < -0.39 is 0 Å². The van der Waals surface area contributed by atoms with E-state index >= 15 is 0 Å². The van der Waals surface area contributed by atoms with Gasteiger partial charge in [0, 0.05) is 5.56 Å². The maximum absolute atomic E-state index is 10.4. The van der Waals surface area contributed by atoms with Crippen LogP contribution in [0.1, 0.15) is 10.4 Å². The molecule has 0 amide bonds. The SMILES string of the molecule is C[Si]c1ccccc1C=O. The number of carbonyl (C=O) groups is 1. The van der Waals surface area contributed by atoms with E-state index in [2.05, 4.69) is 6.55 Å². The van der Waals surface area contributed by atoms with Crippen molar-refractivity contribution in [2.75, 3.05) is 0 Å². The normalized spacial score (nSPS) is 9.30. The van der Waals surface area contributed by atoms with Crippen molar-refractivity contribution in [1.82, 2.24) is 0 Å². The van der Waals surface area contributed by atoms with Crippen LogP contribution in [0.5, 0.6) is 0 Å². The molecule has 0 aliphatic heterocycles. The zero-order valence-electron chi connectivity index (χ0n) is 5.79. The van der Waals surface area contributed by atoms with Crippen LogP contribution in [-0.4, -0.2) is 15.8 Å². The summed E-state index contributed by atoms with van der Waals surface area (Å²) in [5.74, 6) is 0. The molecular weight excluding hydrogens is 140 g/mol. The van der Waals surface area contributed by atoms with Gasteiger partial charge in [-0.2, -0.15) is 0 Å². The van der Waals surface area contributed by atoms with E-state index in [0.29, 0.717) is 9.52 Å². The first kappa shape index (κ1) is 7.22. The summed E-state index contributed by atoms with van der Waals surface area (Å²) in [4.78, 5) is 10.4. The number of hydrogen-bond donors (Lipinski definition) is 0. The Morgan fingerprint density at radius 2 is 2.10 bits per heavy atom. The molecule has 2 radical (unpaired) electrons. The second-order valence-electron chi connectivity index (χ2n) is 1.96. The van der Waals surface area contributed by atoms with Crippen LogP contribution in [0.2, 0.25) is 6.55 Å². The first-order chi connectivity index (χ1) is 4.88. The van der Waals surface area contributed by atoms with E-state index in [1.54, 1.807) is 0 Å². The second-order valence-corrected chi connectivity index (χ2v) is 2.99. The Hall–Kier alpha value is -0.893. The minimum atomic E-state index is 0.704. The van der Waals surface area contributed by atoms with Crippen molar-refractivity contribution in [3.63, 3.8) is 0 Å². The lowest BCUT2D eigenvalue weighted by Crippen LogP contribution is -2.15. The second kappa shape index (κ2) is 3.32. The number of rotatable bonds is 2. The van der Waals surface area contributed by atoms with Crippen LogP contribution in [0.25, 0.3) is 0 Å². The van der Waals surface area contributed by atoms with Gasteiger partial charge in [-0.1, -0.05) is 36.0 Å². The average Bonchev–Trinajstić information content (AvgIpc) is 2.04. The fourth-order valence-electron chi connectivity index (χ4n) is 0.827. The molecule has 0 saturated carbocycles. The van der Waals surface area contributed by atoms with Gasteiger partial charge in [0.1, 0.15) is 6.29 Å². The van der Waals surface area contributed by atoms with Crippen LogP contribution < -0.4 is 5.19 Å². The Morgan fingerprint density at radius 1 is 1.40 bits per heavy atom. The molecular formula is C8H8OSi. The van der Waals surface area contributed by atoms with E-state index in [-0.39, 0.29) is 0 Å². The molecule has 0 saturated heterocycles. The van der Waals surface area contributed by atoms with Gasteiger partial charge in [-0.15, -0.1) is 0 Å². The molecule has 1 aromatic rings. The predicted octanol–water partition coefficient (Wildman–Crippen LogP) is 0.877. The lowest BCUT2D eigenvalue weighted by atomic mass is 10.2. The molecule has 1 nitrogen and oxygen atoms in total. The average molecular weight is 148 g/mol. The largest absolute Gasteiger partial charge is 0.298 e. The first-order valence-corrected chi connectivity index (χ1v) is 4.60. The summed E-state index contributed by atoms with van der Waals surface area (Å²) < 4.78 is 0. The lowest BCUT2D eigenvalue weighted by molar-refractivity contribution is 0.112. The summed E-state index contributed by atoms with van der Waals surface area (Å²) in [7, 11) is 0.704. The van der Waals surface area contributed by atoms with Gasteiger partial charge in [0.2, 0.25) is 0 Å². The molecule has 0 heterocycles. The standard InChI is InChI=1S/C8H8OSi/c1-10-8-5-3-2-4-7(8)6-9/h2-6H,1H3. The predicted molar refractivity (Wildman–Crippen MR) is 43.1 cm³/mol. The zero-order valence-corrected chi connectivity index (χ0v) is 6.79. The van der Waals surface area contributed by atoms with E-state index in [1.807, 2.05) is 24.3 Å².